The Kier molecular flexibility index (Phi) is 4.44. The number of halogens is 2. The Balaban J connectivity index is 1.99. The average Bonchev–Trinajstić information content (AvgIpc) is 2.84. The third-order valence-electron chi connectivity index (χ3n) is 4.10. The number of aryl methyl sites for hydroxylation is 1. The normalized spacial score (nSPS) is 12.7. The lowest BCUT2D eigenvalue weighted by molar-refractivity contribution is 0.694. The van der Waals surface area contributed by atoms with E-state index in [4.69, 9.17) is 28.9 Å². The molecule has 2 nitrogen and oxygen atoms in total. The molecule has 4 heteroatoms. The Bertz CT molecular complexity index is 808. The molecule has 1 aromatic heterocycles. The second-order valence-electron chi connectivity index (χ2n) is 5.59. The number of para-hydroxylation sites is 1. The average molecular weight is 333 g/mol. The predicted molar refractivity (Wildman–Crippen MR) is 95.0 cm³/mol. The Morgan fingerprint density at radius 2 is 1.86 bits per heavy atom. The van der Waals surface area contributed by atoms with Gasteiger partial charge in [-0.1, -0.05) is 47.5 Å². The molecule has 1 atom stereocenters. The van der Waals surface area contributed by atoms with E-state index in [1.807, 2.05) is 24.3 Å². The van der Waals surface area contributed by atoms with E-state index in [0.717, 1.165) is 17.5 Å². The van der Waals surface area contributed by atoms with E-state index in [-0.39, 0.29) is 5.92 Å². The van der Waals surface area contributed by atoms with Crippen molar-refractivity contribution < 1.29 is 0 Å². The van der Waals surface area contributed by atoms with Crippen molar-refractivity contribution in [3.8, 4) is 0 Å². The number of hydrogen-bond donors (Lipinski definition) is 2. The Morgan fingerprint density at radius 3 is 2.59 bits per heavy atom. The van der Waals surface area contributed by atoms with Gasteiger partial charge < -0.3 is 10.7 Å². The van der Waals surface area contributed by atoms with Crippen molar-refractivity contribution in [3.05, 3.63) is 69.3 Å². The first-order valence-electron chi connectivity index (χ1n) is 7.31. The summed E-state index contributed by atoms with van der Waals surface area (Å²) in [4.78, 5) is 3.45. The molecule has 0 aliphatic rings. The lowest BCUT2D eigenvalue weighted by Gasteiger charge is -2.16. The number of benzene rings is 2. The summed E-state index contributed by atoms with van der Waals surface area (Å²) in [5.41, 5.74) is 10.8. The molecule has 0 saturated carbocycles. The Morgan fingerprint density at radius 1 is 1.09 bits per heavy atom. The van der Waals surface area contributed by atoms with E-state index < -0.39 is 0 Å². The Hall–Kier alpha value is -1.48. The standard InChI is InChI=1S/C18H18Cl2N2/c1-11-18(14-4-2-3-5-17(14)22-11)13(10-21)8-12-6-7-15(19)16(20)9-12/h2-7,9,13,22H,8,10,21H2,1H3. The van der Waals surface area contributed by atoms with Gasteiger partial charge in [-0.3, -0.25) is 0 Å². The predicted octanol–water partition coefficient (Wildman–Crippen LogP) is 5.07. The molecule has 0 spiro atoms. The van der Waals surface area contributed by atoms with E-state index in [0.29, 0.717) is 16.6 Å². The van der Waals surface area contributed by atoms with Crippen LogP contribution in [-0.4, -0.2) is 11.5 Å². The molecule has 22 heavy (non-hydrogen) atoms. The molecule has 0 aliphatic heterocycles. The van der Waals surface area contributed by atoms with E-state index in [1.54, 1.807) is 0 Å². The second-order valence-corrected chi connectivity index (χ2v) is 6.41. The highest BCUT2D eigenvalue weighted by Gasteiger charge is 2.18. The summed E-state index contributed by atoms with van der Waals surface area (Å²) >= 11 is 12.1. The number of H-pyrrole nitrogens is 1. The quantitative estimate of drug-likeness (QED) is 0.688. The molecule has 3 aromatic rings. The van der Waals surface area contributed by atoms with Crippen molar-refractivity contribution in [3.63, 3.8) is 0 Å². The highest BCUT2D eigenvalue weighted by molar-refractivity contribution is 6.42. The molecule has 0 radical (unpaired) electrons. The first-order chi connectivity index (χ1) is 10.6. The SMILES string of the molecule is Cc1[nH]c2ccccc2c1C(CN)Cc1ccc(Cl)c(Cl)c1. The lowest BCUT2D eigenvalue weighted by Crippen LogP contribution is -2.15. The zero-order valence-corrected chi connectivity index (χ0v) is 13.9. The van der Waals surface area contributed by atoms with Crippen molar-refractivity contribution in [1.29, 1.82) is 0 Å². The van der Waals surface area contributed by atoms with E-state index in [2.05, 4.69) is 30.1 Å². The van der Waals surface area contributed by atoms with Crippen molar-refractivity contribution in [2.45, 2.75) is 19.3 Å². The number of nitrogens with two attached hydrogens (primary N) is 1. The molecule has 2 aromatic carbocycles. The summed E-state index contributed by atoms with van der Waals surface area (Å²) in [6.45, 7) is 2.69. The third kappa shape index (κ3) is 2.87. The maximum atomic E-state index is 6.12. The van der Waals surface area contributed by atoms with Gasteiger partial charge in [-0.25, -0.2) is 0 Å². The van der Waals surface area contributed by atoms with Crippen LogP contribution in [0.2, 0.25) is 10.0 Å². The van der Waals surface area contributed by atoms with Gasteiger partial charge in [0.25, 0.3) is 0 Å². The third-order valence-corrected chi connectivity index (χ3v) is 4.84. The Labute approximate surface area is 140 Å². The summed E-state index contributed by atoms with van der Waals surface area (Å²) in [6.07, 6.45) is 0.843. The highest BCUT2D eigenvalue weighted by Crippen LogP contribution is 2.32. The van der Waals surface area contributed by atoms with Gasteiger partial charge in [0, 0.05) is 22.5 Å². The maximum Gasteiger partial charge on any atom is 0.0595 e. The smallest absolute Gasteiger partial charge is 0.0595 e. The van der Waals surface area contributed by atoms with Gasteiger partial charge >= 0.3 is 0 Å². The summed E-state index contributed by atoms with van der Waals surface area (Å²) in [7, 11) is 0. The van der Waals surface area contributed by atoms with Crippen molar-refractivity contribution >= 4 is 34.1 Å². The van der Waals surface area contributed by atoms with E-state index in [1.165, 1.54) is 16.6 Å². The first-order valence-corrected chi connectivity index (χ1v) is 8.07. The summed E-state index contributed by atoms with van der Waals surface area (Å²) < 4.78 is 0. The number of nitrogens with one attached hydrogen (secondary N) is 1. The van der Waals surface area contributed by atoms with Crippen LogP contribution in [0, 0.1) is 6.92 Å². The van der Waals surface area contributed by atoms with Crippen LogP contribution in [-0.2, 0) is 6.42 Å². The number of aromatic amines is 1. The number of aromatic nitrogens is 1. The minimum atomic E-state index is 0.244. The summed E-state index contributed by atoms with van der Waals surface area (Å²) in [6, 6.07) is 14.1. The number of rotatable bonds is 4. The van der Waals surface area contributed by atoms with Crippen LogP contribution in [0.1, 0.15) is 22.7 Å². The first kappa shape index (κ1) is 15.4. The van der Waals surface area contributed by atoms with Crippen LogP contribution in [0.25, 0.3) is 10.9 Å². The number of hydrogen-bond acceptors (Lipinski definition) is 1. The largest absolute Gasteiger partial charge is 0.358 e. The van der Waals surface area contributed by atoms with Gasteiger partial charge in [-0.15, -0.1) is 0 Å². The van der Waals surface area contributed by atoms with Gasteiger partial charge in [0.2, 0.25) is 0 Å². The zero-order chi connectivity index (χ0) is 15.7. The maximum absolute atomic E-state index is 6.12. The van der Waals surface area contributed by atoms with Gasteiger partial charge in [-0.2, -0.15) is 0 Å². The minimum absolute atomic E-state index is 0.244. The van der Waals surface area contributed by atoms with Crippen LogP contribution in [0.4, 0.5) is 0 Å². The molecule has 3 N–H and O–H groups in total. The number of fused-ring (bicyclic) bond motifs is 1. The van der Waals surface area contributed by atoms with Gasteiger partial charge in [0.1, 0.15) is 0 Å². The molecule has 0 aliphatic carbocycles. The fourth-order valence-electron chi connectivity index (χ4n) is 3.08. The second kappa shape index (κ2) is 6.33. The van der Waals surface area contributed by atoms with Gasteiger partial charge in [0.15, 0.2) is 0 Å². The molecule has 0 amide bonds. The van der Waals surface area contributed by atoms with Gasteiger partial charge in [-0.05, 0) is 49.2 Å². The molecule has 3 rings (SSSR count). The van der Waals surface area contributed by atoms with Crippen LogP contribution < -0.4 is 5.73 Å². The molecule has 114 valence electrons. The van der Waals surface area contributed by atoms with Crippen LogP contribution in [0.3, 0.4) is 0 Å². The molecule has 0 saturated heterocycles. The summed E-state index contributed by atoms with van der Waals surface area (Å²) in [5.74, 6) is 0.244. The highest BCUT2D eigenvalue weighted by atomic mass is 35.5. The fourth-order valence-corrected chi connectivity index (χ4v) is 3.40. The van der Waals surface area contributed by atoms with E-state index >= 15 is 0 Å². The zero-order valence-electron chi connectivity index (χ0n) is 12.4. The van der Waals surface area contributed by atoms with Crippen molar-refractivity contribution in [2.24, 2.45) is 5.73 Å². The molecule has 1 heterocycles. The molecule has 0 bridgehead atoms. The fraction of sp³-hybridized carbons (Fsp3) is 0.222. The molecular formula is C18H18Cl2N2. The minimum Gasteiger partial charge on any atom is -0.358 e. The summed E-state index contributed by atoms with van der Waals surface area (Å²) in [5, 5.41) is 2.42. The molecule has 0 fully saturated rings. The lowest BCUT2D eigenvalue weighted by atomic mass is 9.90. The van der Waals surface area contributed by atoms with Crippen LogP contribution in [0.15, 0.2) is 42.5 Å². The van der Waals surface area contributed by atoms with Crippen LogP contribution >= 0.6 is 23.2 Å². The monoisotopic (exact) mass is 332 g/mol. The topological polar surface area (TPSA) is 41.8 Å². The van der Waals surface area contributed by atoms with E-state index in [9.17, 15) is 0 Å². The van der Waals surface area contributed by atoms with Gasteiger partial charge in [0.05, 0.1) is 10.0 Å². The molecular weight excluding hydrogens is 315 g/mol. The van der Waals surface area contributed by atoms with Crippen molar-refractivity contribution in [2.75, 3.05) is 6.54 Å². The van der Waals surface area contributed by atoms with Crippen LogP contribution in [0.5, 0.6) is 0 Å². The molecule has 1 unspecified atom stereocenters. The van der Waals surface area contributed by atoms with Crippen molar-refractivity contribution in [1.82, 2.24) is 4.98 Å².